The molecule has 8 fully saturated rings. The van der Waals surface area contributed by atoms with Crippen molar-refractivity contribution >= 4 is 50.0 Å². The molecule has 12 heterocycles. The molecule has 6 unspecified atom stereocenters. The van der Waals surface area contributed by atoms with Gasteiger partial charge in [0.2, 0.25) is 0 Å². The van der Waals surface area contributed by atoms with Gasteiger partial charge < -0.3 is 40.1 Å². The molecule has 3 aromatic carbocycles. The Morgan fingerprint density at radius 3 is 1.65 bits per heavy atom. The minimum atomic E-state index is -4.91. The first-order valence-corrected chi connectivity index (χ1v) is 32.3. The number of methoxy groups -OCH3 is 2. The number of hydrogen-bond acceptors (Lipinski definition) is 16. The fourth-order valence-corrected chi connectivity index (χ4v) is 15.3. The summed E-state index contributed by atoms with van der Waals surface area (Å²) in [4.78, 5) is 34.8. The Kier molecular flexibility index (Phi) is 19.3. The summed E-state index contributed by atoms with van der Waals surface area (Å²) in [5.41, 5.74) is -2.17. The summed E-state index contributed by atoms with van der Waals surface area (Å²) >= 11 is 0. The number of anilines is 2. The molecular weight excluding hydrogens is 1240 g/mol. The predicted molar refractivity (Wildman–Crippen MR) is 346 cm³/mol. The van der Waals surface area contributed by atoms with Gasteiger partial charge in [0.25, 0.3) is 6.43 Å². The number of terminal acetylenes is 2. The van der Waals surface area contributed by atoms with E-state index in [9.17, 15) is 45.3 Å². The molecule has 4 aromatic heterocycles. The maximum atomic E-state index is 15.3. The third-order valence-corrected chi connectivity index (χ3v) is 19.4. The number of fused-ring (bicyclic) bond motifs is 9. The first-order valence-electron chi connectivity index (χ1n) is 32.3. The fourth-order valence-electron chi connectivity index (χ4n) is 15.3. The smallest absolute Gasteiger partial charge is 0.419 e. The van der Waals surface area contributed by atoms with E-state index in [1.807, 2.05) is 9.80 Å². The van der Waals surface area contributed by atoms with Crippen molar-refractivity contribution in [1.82, 2.24) is 50.3 Å². The molecule has 16 nitrogen and oxygen atoms in total. The Hall–Kier alpha value is -8.23. The summed E-state index contributed by atoms with van der Waals surface area (Å²) in [7, 11) is 2.66. The summed E-state index contributed by atoms with van der Waals surface area (Å²) in [6, 6.07) is 9.63. The van der Waals surface area contributed by atoms with E-state index in [1.54, 1.807) is 20.8 Å². The van der Waals surface area contributed by atoms with Crippen LogP contribution < -0.4 is 29.9 Å². The number of piperazine rings is 2. The van der Waals surface area contributed by atoms with Crippen LogP contribution in [-0.2, 0) is 6.18 Å². The molecule has 4 N–H and O–H groups in total. The third-order valence-electron chi connectivity index (χ3n) is 19.4. The van der Waals surface area contributed by atoms with E-state index in [1.165, 1.54) is 76.4 Å². The molecule has 0 aliphatic carbocycles. The van der Waals surface area contributed by atoms with Crippen molar-refractivity contribution in [3.63, 3.8) is 0 Å². The van der Waals surface area contributed by atoms with Crippen molar-refractivity contribution in [3.8, 4) is 70.5 Å². The third kappa shape index (κ3) is 13.5. The van der Waals surface area contributed by atoms with Gasteiger partial charge in [-0.3, -0.25) is 19.8 Å². The zero-order valence-corrected chi connectivity index (χ0v) is 53.4. The molecule has 0 radical (unpaired) electrons. The van der Waals surface area contributed by atoms with Gasteiger partial charge in [-0.05, 0) is 137 Å². The lowest BCUT2D eigenvalue weighted by Gasteiger charge is -2.34. The number of aryl methyl sites for hydroxylation is 1. The maximum absolute atomic E-state index is 15.3. The van der Waals surface area contributed by atoms with Gasteiger partial charge in [-0.15, -0.1) is 12.8 Å². The molecular formula is C70H75F9N12O4. The number of ether oxygens (including phenoxy) is 2. The van der Waals surface area contributed by atoms with Crippen LogP contribution in [0, 0.1) is 43.3 Å². The predicted octanol–water partition coefficient (Wildman–Crippen LogP) is 12.6. The van der Waals surface area contributed by atoms with Crippen LogP contribution in [0.3, 0.4) is 0 Å². The lowest BCUT2D eigenvalue weighted by molar-refractivity contribution is -0.136. The van der Waals surface area contributed by atoms with E-state index in [-0.39, 0.29) is 109 Å². The van der Waals surface area contributed by atoms with Gasteiger partial charge in [-0.25, -0.2) is 26.3 Å². The van der Waals surface area contributed by atoms with Gasteiger partial charge in [-0.2, -0.15) is 33.1 Å². The topological polar surface area (TPSA) is 173 Å². The summed E-state index contributed by atoms with van der Waals surface area (Å²) in [6.07, 6.45) is 15.4. The number of phenolic OH excluding ortho intramolecular Hbond substituents is 2. The SMILES string of the molecule is C#C/C(=C(\F)C(C)C)c1c(C)cc(O)cc1-c1cnc2c(N3CC4CC[C@@H](C3)N4)nc(OC)nc2c1C(F)(F)F.C#Cc1c(F)ccc2cc(O)cc(-c3cnc4c(N5CC6CC[C@@H](C5)N6)nc(OC)nc4c3C(F)F)c12.FC1CC2CCCN2C1.FC1CC2CCCN2C1. The van der Waals surface area contributed by atoms with Crippen molar-refractivity contribution in [2.24, 2.45) is 5.92 Å². The van der Waals surface area contributed by atoms with E-state index in [4.69, 9.17) is 22.3 Å². The van der Waals surface area contributed by atoms with E-state index >= 15 is 4.39 Å². The zero-order valence-electron chi connectivity index (χ0n) is 53.4. The van der Waals surface area contributed by atoms with Gasteiger partial charge in [0.15, 0.2) is 11.6 Å². The Balaban J connectivity index is 0.000000143. The van der Waals surface area contributed by atoms with Crippen LogP contribution in [0.15, 0.2) is 54.6 Å². The number of aromatic hydroxyl groups is 2. The number of nitrogens with zero attached hydrogens (tertiary/aromatic N) is 10. The van der Waals surface area contributed by atoms with Crippen LogP contribution in [0.1, 0.15) is 112 Å². The van der Waals surface area contributed by atoms with Crippen molar-refractivity contribution in [1.29, 1.82) is 0 Å². The summed E-state index contributed by atoms with van der Waals surface area (Å²) in [5.74, 6) is 2.87. The Morgan fingerprint density at radius 2 is 1.17 bits per heavy atom. The number of aromatic nitrogens is 6. The minimum absolute atomic E-state index is 0.0161. The fraction of sp³-hybridized carbons (Fsp3) is 0.486. The quantitative estimate of drug-likeness (QED) is 0.0793. The normalized spacial score (nSPS) is 24.0. The highest BCUT2D eigenvalue weighted by Crippen LogP contribution is 2.48. The van der Waals surface area contributed by atoms with E-state index in [0.717, 1.165) is 63.9 Å². The number of pyridine rings is 2. The molecule has 8 aliphatic heterocycles. The van der Waals surface area contributed by atoms with Gasteiger partial charge in [0, 0.05) is 116 Å². The average molecular weight is 1320 g/mol. The summed E-state index contributed by atoms with van der Waals surface area (Å²) in [5, 5.41) is 28.5. The van der Waals surface area contributed by atoms with Crippen LogP contribution in [0.5, 0.6) is 23.5 Å². The number of hydrogen-bond donors (Lipinski definition) is 4. The molecule has 0 amide bonds. The van der Waals surface area contributed by atoms with Crippen LogP contribution in [0.25, 0.3) is 60.7 Å². The Morgan fingerprint density at radius 1 is 0.663 bits per heavy atom. The number of phenols is 2. The van der Waals surface area contributed by atoms with Crippen LogP contribution in [0.2, 0.25) is 0 Å². The molecule has 7 aromatic rings. The number of rotatable bonds is 9. The molecule has 8 aliphatic rings. The lowest BCUT2D eigenvalue weighted by Crippen LogP contribution is -2.51. The highest BCUT2D eigenvalue weighted by molar-refractivity contribution is 6.05. The average Bonchev–Trinajstić information content (AvgIpc) is 1.43. The van der Waals surface area contributed by atoms with Crippen molar-refractivity contribution in [2.45, 2.75) is 146 Å². The number of allylic oxidation sites excluding steroid dienone is 2. The van der Waals surface area contributed by atoms with Crippen LogP contribution >= 0.6 is 0 Å². The van der Waals surface area contributed by atoms with E-state index in [2.05, 4.69) is 62.2 Å². The number of benzene rings is 3. The molecule has 502 valence electrons. The van der Waals surface area contributed by atoms with Crippen LogP contribution in [0.4, 0.5) is 51.1 Å². The maximum Gasteiger partial charge on any atom is 0.419 e. The monoisotopic (exact) mass is 1320 g/mol. The first kappa shape index (κ1) is 66.8. The molecule has 95 heavy (non-hydrogen) atoms. The number of nitrogens with one attached hydrogen (secondary N) is 2. The van der Waals surface area contributed by atoms with E-state index in [0.29, 0.717) is 68.1 Å². The van der Waals surface area contributed by atoms with Gasteiger partial charge >= 0.3 is 18.2 Å². The van der Waals surface area contributed by atoms with Crippen molar-refractivity contribution < 1.29 is 59.2 Å². The second-order valence-corrected chi connectivity index (χ2v) is 26.1. The highest BCUT2D eigenvalue weighted by atomic mass is 19.4. The second-order valence-electron chi connectivity index (χ2n) is 26.1. The van der Waals surface area contributed by atoms with Gasteiger partial charge in [0.05, 0.1) is 36.5 Å². The zero-order chi connectivity index (χ0) is 67.3. The van der Waals surface area contributed by atoms with Crippen molar-refractivity contribution in [3.05, 3.63) is 88.3 Å². The van der Waals surface area contributed by atoms with E-state index < -0.39 is 64.7 Å². The minimum Gasteiger partial charge on any atom is -0.508 e. The van der Waals surface area contributed by atoms with Crippen molar-refractivity contribution in [2.75, 3.05) is 76.4 Å². The standard InChI is InChI=1S/C29H29F4N5O2.C27H22F3N5O2.2C7H12FN/c1-6-19(24(30)14(2)3)22-15(4)9-18(39)10-20(22)21-11-34-26-25(23(21)29(31,32)33)36-28(40-5)37-27(26)38-12-16-7-8-17(13-38)35-16;1-3-17-20(28)7-4-13-8-16(36)9-18(21(13)17)19-10-31-24-23(22(19)25(29)30)33-27(37-2)34-26(24)35-11-14-5-6-15(12-35)32-14;2*8-6-4-7-2-1-3-9(7)5-6/h1,9-11,14,16-17,35,39H,7-8,12-13H2,2-5H3;1,4,7-10,14-15,25,32,36H,5-6,11-12H2,2H3;2*6-7H,1-5H2/b24-19+;;;/t16-,17?;14-,15?;;/m00../s1. The van der Waals surface area contributed by atoms with Gasteiger partial charge in [-0.1, -0.05) is 31.8 Å². The summed E-state index contributed by atoms with van der Waals surface area (Å²) in [6.45, 7) is 10.9. The second kappa shape index (κ2) is 27.5. The largest absolute Gasteiger partial charge is 0.508 e. The van der Waals surface area contributed by atoms with Crippen LogP contribution in [-0.4, -0.2) is 165 Å². The first-order chi connectivity index (χ1) is 45.5. The Bertz CT molecular complexity index is 4110. The summed E-state index contributed by atoms with van der Waals surface area (Å²) < 4.78 is 140. The molecule has 8 atom stereocenters. The molecule has 25 heteroatoms. The molecule has 4 bridgehead atoms. The number of alkyl halides is 7. The number of halogens is 9. The molecule has 0 saturated carbocycles. The molecule has 0 spiro atoms. The molecule has 8 saturated heterocycles. The molecule has 15 rings (SSSR count). The van der Waals surface area contributed by atoms with Gasteiger partial charge in [0.1, 0.15) is 57.6 Å². The Labute approximate surface area is 544 Å². The lowest BCUT2D eigenvalue weighted by atomic mass is 9.87. The highest BCUT2D eigenvalue weighted by Gasteiger charge is 2.42.